The Labute approximate surface area is 107 Å². The molecule has 0 aliphatic heterocycles. The SMILES string of the molecule is CC(C)(O)CCN(CCC(C)(C)O)C(C)(C)C. The van der Waals surface area contributed by atoms with Crippen LogP contribution in [0.1, 0.15) is 61.3 Å². The van der Waals surface area contributed by atoms with Crippen LogP contribution in [0.15, 0.2) is 0 Å². The summed E-state index contributed by atoms with van der Waals surface area (Å²) in [5.74, 6) is 0. The highest BCUT2D eigenvalue weighted by atomic mass is 16.3. The molecule has 0 saturated heterocycles. The van der Waals surface area contributed by atoms with Gasteiger partial charge in [0, 0.05) is 18.6 Å². The third kappa shape index (κ3) is 9.57. The fourth-order valence-electron chi connectivity index (χ4n) is 1.60. The van der Waals surface area contributed by atoms with Gasteiger partial charge in [0.05, 0.1) is 11.2 Å². The first kappa shape index (κ1) is 16.9. The van der Waals surface area contributed by atoms with Gasteiger partial charge in [0.2, 0.25) is 0 Å². The van der Waals surface area contributed by atoms with Gasteiger partial charge in [-0.15, -0.1) is 0 Å². The molecule has 0 atom stereocenters. The van der Waals surface area contributed by atoms with Gasteiger partial charge in [0.1, 0.15) is 0 Å². The van der Waals surface area contributed by atoms with E-state index < -0.39 is 11.2 Å². The van der Waals surface area contributed by atoms with Crippen molar-refractivity contribution in [2.45, 2.75) is 78.0 Å². The van der Waals surface area contributed by atoms with E-state index >= 15 is 0 Å². The standard InChI is InChI=1S/C14H31NO2/c1-12(2,3)15(10-8-13(4,5)16)11-9-14(6,7)17/h16-17H,8-11H2,1-7H3. The van der Waals surface area contributed by atoms with Crippen LogP contribution in [0.2, 0.25) is 0 Å². The average molecular weight is 245 g/mol. The van der Waals surface area contributed by atoms with Crippen molar-refractivity contribution in [3.8, 4) is 0 Å². The molecule has 2 N–H and O–H groups in total. The predicted molar refractivity (Wildman–Crippen MR) is 73.2 cm³/mol. The third-order valence-corrected chi connectivity index (χ3v) is 2.94. The minimum absolute atomic E-state index is 0.0660. The molecular weight excluding hydrogens is 214 g/mol. The molecule has 0 bridgehead atoms. The molecule has 0 unspecified atom stereocenters. The van der Waals surface area contributed by atoms with Gasteiger partial charge in [-0.2, -0.15) is 0 Å². The molecule has 104 valence electrons. The lowest BCUT2D eigenvalue weighted by atomic mass is 9.98. The van der Waals surface area contributed by atoms with Crippen molar-refractivity contribution in [1.29, 1.82) is 0 Å². The molecule has 0 radical (unpaired) electrons. The van der Waals surface area contributed by atoms with Crippen molar-refractivity contribution in [2.75, 3.05) is 13.1 Å². The highest BCUT2D eigenvalue weighted by molar-refractivity contribution is 4.81. The highest BCUT2D eigenvalue weighted by Gasteiger charge is 2.25. The van der Waals surface area contributed by atoms with E-state index in [9.17, 15) is 10.2 Å². The summed E-state index contributed by atoms with van der Waals surface area (Å²) in [7, 11) is 0. The maximum absolute atomic E-state index is 9.78. The minimum Gasteiger partial charge on any atom is -0.390 e. The quantitative estimate of drug-likeness (QED) is 0.755. The van der Waals surface area contributed by atoms with Crippen molar-refractivity contribution < 1.29 is 10.2 Å². The summed E-state index contributed by atoms with van der Waals surface area (Å²) in [6.45, 7) is 15.6. The van der Waals surface area contributed by atoms with Crippen LogP contribution in [-0.2, 0) is 0 Å². The monoisotopic (exact) mass is 245 g/mol. The Balaban J connectivity index is 4.37. The van der Waals surface area contributed by atoms with E-state index in [-0.39, 0.29) is 5.54 Å². The topological polar surface area (TPSA) is 43.7 Å². The van der Waals surface area contributed by atoms with E-state index in [1.54, 1.807) is 0 Å². The summed E-state index contributed by atoms with van der Waals surface area (Å²) >= 11 is 0. The molecule has 3 heteroatoms. The van der Waals surface area contributed by atoms with E-state index in [0.717, 1.165) is 25.9 Å². The number of aliphatic hydroxyl groups is 2. The molecule has 0 aromatic heterocycles. The summed E-state index contributed by atoms with van der Waals surface area (Å²) in [5, 5.41) is 19.6. The van der Waals surface area contributed by atoms with Crippen molar-refractivity contribution in [3.05, 3.63) is 0 Å². The van der Waals surface area contributed by atoms with Crippen LogP contribution in [0.5, 0.6) is 0 Å². The predicted octanol–water partition coefficient (Wildman–Crippen LogP) is 2.41. The fraction of sp³-hybridized carbons (Fsp3) is 1.00. The zero-order valence-corrected chi connectivity index (χ0v) is 12.7. The Morgan fingerprint density at radius 3 is 1.18 bits per heavy atom. The molecule has 0 aromatic carbocycles. The molecule has 0 amide bonds. The van der Waals surface area contributed by atoms with Crippen molar-refractivity contribution in [1.82, 2.24) is 4.90 Å². The summed E-state index contributed by atoms with van der Waals surface area (Å²) < 4.78 is 0. The van der Waals surface area contributed by atoms with Gasteiger partial charge in [-0.3, -0.25) is 4.90 Å². The second-order valence-corrected chi connectivity index (χ2v) is 7.28. The molecule has 0 aliphatic carbocycles. The maximum atomic E-state index is 9.78. The van der Waals surface area contributed by atoms with Crippen LogP contribution in [0.25, 0.3) is 0 Å². The number of rotatable bonds is 6. The highest BCUT2D eigenvalue weighted by Crippen LogP contribution is 2.19. The van der Waals surface area contributed by atoms with E-state index in [1.807, 2.05) is 27.7 Å². The normalized spacial score (nSPS) is 14.5. The number of nitrogens with zero attached hydrogens (tertiary/aromatic N) is 1. The summed E-state index contributed by atoms with van der Waals surface area (Å²) in [6.07, 6.45) is 1.49. The van der Waals surface area contributed by atoms with Gasteiger partial charge in [0.25, 0.3) is 0 Å². The Morgan fingerprint density at radius 2 is 1.00 bits per heavy atom. The smallest absolute Gasteiger partial charge is 0.0603 e. The zero-order valence-electron chi connectivity index (χ0n) is 12.7. The van der Waals surface area contributed by atoms with E-state index in [0.29, 0.717) is 0 Å². The average Bonchev–Trinajstić information content (AvgIpc) is 1.96. The Hall–Kier alpha value is -0.120. The van der Waals surface area contributed by atoms with Crippen LogP contribution in [0, 0.1) is 0 Å². The zero-order chi connectivity index (χ0) is 13.9. The molecule has 0 rings (SSSR count). The molecule has 0 aromatic rings. The Bertz CT molecular complexity index is 200. The summed E-state index contributed by atoms with van der Waals surface area (Å²) in [4.78, 5) is 2.32. The van der Waals surface area contributed by atoms with Crippen LogP contribution in [0.4, 0.5) is 0 Å². The van der Waals surface area contributed by atoms with Crippen LogP contribution in [-0.4, -0.2) is 44.9 Å². The van der Waals surface area contributed by atoms with E-state index in [1.165, 1.54) is 0 Å². The van der Waals surface area contributed by atoms with Crippen LogP contribution >= 0.6 is 0 Å². The van der Waals surface area contributed by atoms with Crippen LogP contribution < -0.4 is 0 Å². The first-order valence-electron chi connectivity index (χ1n) is 6.51. The second kappa shape index (κ2) is 5.68. The van der Waals surface area contributed by atoms with Crippen molar-refractivity contribution >= 4 is 0 Å². The molecule has 0 spiro atoms. The lowest BCUT2D eigenvalue weighted by Crippen LogP contribution is -2.45. The van der Waals surface area contributed by atoms with Crippen LogP contribution in [0.3, 0.4) is 0 Å². The van der Waals surface area contributed by atoms with Crippen molar-refractivity contribution in [2.24, 2.45) is 0 Å². The van der Waals surface area contributed by atoms with Gasteiger partial charge in [-0.05, 0) is 61.3 Å². The summed E-state index contributed by atoms with van der Waals surface area (Å²) in [6, 6.07) is 0. The molecule has 0 fully saturated rings. The van der Waals surface area contributed by atoms with E-state index in [4.69, 9.17) is 0 Å². The Kier molecular flexibility index (Phi) is 5.64. The lowest BCUT2D eigenvalue weighted by molar-refractivity contribution is 0.0194. The van der Waals surface area contributed by atoms with E-state index in [2.05, 4.69) is 25.7 Å². The van der Waals surface area contributed by atoms with Gasteiger partial charge >= 0.3 is 0 Å². The van der Waals surface area contributed by atoms with Gasteiger partial charge in [0.15, 0.2) is 0 Å². The van der Waals surface area contributed by atoms with Gasteiger partial charge in [-0.25, -0.2) is 0 Å². The number of hydrogen-bond acceptors (Lipinski definition) is 3. The fourth-order valence-corrected chi connectivity index (χ4v) is 1.60. The first-order chi connectivity index (χ1) is 7.31. The molecule has 17 heavy (non-hydrogen) atoms. The molecular formula is C14H31NO2. The van der Waals surface area contributed by atoms with Gasteiger partial charge < -0.3 is 10.2 Å². The number of hydrogen-bond donors (Lipinski definition) is 2. The Morgan fingerprint density at radius 1 is 0.706 bits per heavy atom. The largest absolute Gasteiger partial charge is 0.390 e. The molecule has 3 nitrogen and oxygen atoms in total. The second-order valence-electron chi connectivity index (χ2n) is 7.28. The maximum Gasteiger partial charge on any atom is 0.0603 e. The minimum atomic E-state index is -0.627. The lowest BCUT2D eigenvalue weighted by Gasteiger charge is -2.38. The third-order valence-electron chi connectivity index (χ3n) is 2.94. The van der Waals surface area contributed by atoms with Gasteiger partial charge in [-0.1, -0.05) is 0 Å². The first-order valence-corrected chi connectivity index (χ1v) is 6.51. The molecule has 0 heterocycles. The molecule has 0 aliphatic rings. The van der Waals surface area contributed by atoms with Crippen molar-refractivity contribution in [3.63, 3.8) is 0 Å². The summed E-state index contributed by atoms with van der Waals surface area (Å²) in [5.41, 5.74) is -1.19. The molecule has 0 saturated carbocycles.